The number of ether oxygens (including phenoxy) is 2. The molecule has 0 saturated heterocycles. The van der Waals surface area contributed by atoms with Gasteiger partial charge in [-0.15, -0.1) is 0 Å². The van der Waals surface area contributed by atoms with Crippen molar-refractivity contribution in [1.29, 1.82) is 0 Å². The summed E-state index contributed by atoms with van der Waals surface area (Å²) in [6, 6.07) is 0. The van der Waals surface area contributed by atoms with E-state index in [9.17, 15) is 19.0 Å². The number of hydrogen-bond donors (Lipinski definition) is 2. The van der Waals surface area contributed by atoms with Crippen LogP contribution in [0, 0.1) is 0 Å². The normalized spacial score (nSPS) is 13.6. The highest BCUT2D eigenvalue weighted by Crippen LogP contribution is 2.43. The average molecular weight is 866 g/mol. The van der Waals surface area contributed by atoms with E-state index < -0.39 is 32.5 Å². The summed E-state index contributed by atoms with van der Waals surface area (Å²) in [7, 11) is -4.38. The van der Waals surface area contributed by atoms with E-state index in [1.807, 2.05) is 0 Å². The lowest BCUT2D eigenvalue weighted by Crippen LogP contribution is -2.29. The topological polar surface area (TPSA) is 134 Å². The van der Waals surface area contributed by atoms with E-state index in [1.165, 1.54) is 116 Å². The molecule has 0 aliphatic heterocycles. The molecular formula is C50H92NO8P. The summed E-state index contributed by atoms with van der Waals surface area (Å²) in [5, 5.41) is 0. The average Bonchev–Trinajstić information content (AvgIpc) is 3.24. The second-order valence-electron chi connectivity index (χ2n) is 16.3. The fourth-order valence-corrected chi connectivity index (χ4v) is 7.51. The first-order chi connectivity index (χ1) is 29.3. The number of hydrogen-bond acceptors (Lipinski definition) is 8. The molecule has 0 fully saturated rings. The van der Waals surface area contributed by atoms with Crippen LogP contribution in [0.3, 0.4) is 0 Å². The number of unbranched alkanes of at least 4 members (excludes halogenated alkanes) is 25. The maximum absolute atomic E-state index is 12.6. The van der Waals surface area contributed by atoms with E-state index >= 15 is 0 Å². The molecule has 60 heavy (non-hydrogen) atoms. The molecule has 0 aliphatic rings. The number of phosphoric ester groups is 1. The molecule has 2 unspecified atom stereocenters. The molecule has 0 amide bonds. The van der Waals surface area contributed by atoms with E-state index in [0.29, 0.717) is 12.8 Å². The molecule has 0 aliphatic carbocycles. The van der Waals surface area contributed by atoms with Gasteiger partial charge in [0.25, 0.3) is 0 Å². The molecule has 0 bridgehead atoms. The molecule has 0 rings (SSSR count). The van der Waals surface area contributed by atoms with Crippen molar-refractivity contribution in [3.8, 4) is 0 Å². The third kappa shape index (κ3) is 45.5. The maximum atomic E-state index is 12.6. The zero-order valence-electron chi connectivity index (χ0n) is 38.7. The maximum Gasteiger partial charge on any atom is 0.472 e. The van der Waals surface area contributed by atoms with Gasteiger partial charge in [-0.05, 0) is 70.6 Å². The first-order valence-corrected chi connectivity index (χ1v) is 26.1. The Balaban J connectivity index is 4.03. The van der Waals surface area contributed by atoms with Crippen molar-refractivity contribution in [1.82, 2.24) is 0 Å². The van der Waals surface area contributed by atoms with Gasteiger partial charge in [0.1, 0.15) is 6.61 Å². The molecule has 0 heterocycles. The summed E-state index contributed by atoms with van der Waals surface area (Å²) >= 11 is 0. The minimum Gasteiger partial charge on any atom is -0.462 e. The summed E-state index contributed by atoms with van der Waals surface area (Å²) in [6.45, 7) is 3.68. The molecule has 0 aromatic heterocycles. The number of carbonyl (C=O) groups excluding carboxylic acids is 2. The Bertz CT molecular complexity index is 1120. The van der Waals surface area contributed by atoms with Crippen LogP contribution < -0.4 is 5.73 Å². The quantitative estimate of drug-likeness (QED) is 0.0265. The van der Waals surface area contributed by atoms with Crippen molar-refractivity contribution < 1.29 is 37.6 Å². The zero-order valence-corrected chi connectivity index (χ0v) is 39.6. The van der Waals surface area contributed by atoms with Gasteiger partial charge in [0.15, 0.2) is 6.10 Å². The van der Waals surface area contributed by atoms with Gasteiger partial charge in [-0.2, -0.15) is 0 Å². The van der Waals surface area contributed by atoms with E-state index in [0.717, 1.165) is 70.6 Å². The number of esters is 2. The van der Waals surface area contributed by atoms with Crippen molar-refractivity contribution in [2.24, 2.45) is 5.73 Å². The van der Waals surface area contributed by atoms with Crippen LogP contribution in [0.1, 0.15) is 226 Å². The third-order valence-corrected chi connectivity index (χ3v) is 11.4. The Kier molecular flexibility index (Phi) is 44.9. The molecule has 350 valence electrons. The van der Waals surface area contributed by atoms with Crippen LogP contribution in [0.2, 0.25) is 0 Å². The molecule has 3 N–H and O–H groups in total. The van der Waals surface area contributed by atoms with Gasteiger partial charge in [-0.3, -0.25) is 18.6 Å². The molecule has 0 aromatic carbocycles. The minimum absolute atomic E-state index is 0.0505. The van der Waals surface area contributed by atoms with E-state index in [-0.39, 0.29) is 32.6 Å². The Labute approximate surface area is 368 Å². The number of phosphoric acid groups is 1. The number of allylic oxidation sites excluding steroid dienone is 8. The van der Waals surface area contributed by atoms with Crippen LogP contribution in [-0.4, -0.2) is 49.3 Å². The van der Waals surface area contributed by atoms with E-state index in [1.54, 1.807) is 0 Å². The van der Waals surface area contributed by atoms with Crippen LogP contribution in [0.4, 0.5) is 0 Å². The van der Waals surface area contributed by atoms with Gasteiger partial charge in [0.2, 0.25) is 0 Å². The van der Waals surface area contributed by atoms with Crippen LogP contribution >= 0.6 is 7.82 Å². The summed E-state index contributed by atoms with van der Waals surface area (Å²) < 4.78 is 32.9. The first kappa shape index (κ1) is 58.0. The lowest BCUT2D eigenvalue weighted by Gasteiger charge is -2.19. The zero-order chi connectivity index (χ0) is 43.9. The van der Waals surface area contributed by atoms with Gasteiger partial charge in [0.05, 0.1) is 13.2 Å². The monoisotopic (exact) mass is 866 g/mol. The van der Waals surface area contributed by atoms with Gasteiger partial charge in [-0.1, -0.05) is 191 Å². The molecule has 2 atom stereocenters. The largest absolute Gasteiger partial charge is 0.472 e. The fourth-order valence-electron chi connectivity index (χ4n) is 6.74. The molecule has 10 heteroatoms. The second-order valence-corrected chi connectivity index (χ2v) is 17.8. The molecule has 0 aromatic rings. The number of rotatable bonds is 46. The van der Waals surface area contributed by atoms with Crippen LogP contribution in [0.15, 0.2) is 48.6 Å². The first-order valence-electron chi connectivity index (χ1n) is 24.6. The molecule has 0 saturated carbocycles. The Morgan fingerprint density at radius 3 is 1.32 bits per heavy atom. The van der Waals surface area contributed by atoms with Gasteiger partial charge >= 0.3 is 19.8 Å². The minimum atomic E-state index is -4.38. The van der Waals surface area contributed by atoms with Crippen molar-refractivity contribution in [2.45, 2.75) is 232 Å². The molecule has 0 radical (unpaired) electrons. The summed E-state index contributed by atoms with van der Waals surface area (Å²) in [6.07, 6.45) is 54.3. The molecule has 0 spiro atoms. The lowest BCUT2D eigenvalue weighted by molar-refractivity contribution is -0.161. The smallest absolute Gasteiger partial charge is 0.462 e. The Morgan fingerprint density at radius 1 is 0.500 bits per heavy atom. The van der Waals surface area contributed by atoms with Crippen molar-refractivity contribution in [2.75, 3.05) is 26.4 Å². The van der Waals surface area contributed by atoms with Crippen molar-refractivity contribution >= 4 is 19.8 Å². The van der Waals surface area contributed by atoms with E-state index in [4.69, 9.17) is 24.3 Å². The van der Waals surface area contributed by atoms with Crippen LogP contribution in [-0.2, 0) is 32.7 Å². The Morgan fingerprint density at radius 2 is 0.883 bits per heavy atom. The SMILES string of the molecule is CCCC/C=C\C/C=C\CCCCCCCC(=O)OCC(COP(=O)(O)OCCN)OC(=O)CCCCCCCCCCCCCCC/C=C\C/C=C\CCCCCCC. The summed E-state index contributed by atoms with van der Waals surface area (Å²) in [4.78, 5) is 35.0. The van der Waals surface area contributed by atoms with E-state index in [2.05, 4.69) is 62.5 Å². The van der Waals surface area contributed by atoms with Gasteiger partial charge in [0, 0.05) is 19.4 Å². The highest BCUT2D eigenvalue weighted by Gasteiger charge is 2.26. The standard InChI is InChI=1S/C50H92NO8P/c1-3-5-7-9-11-13-15-17-19-20-21-22-23-24-25-26-27-28-29-31-33-35-37-39-41-43-50(53)59-48(47-58-60(54,55)57-45-44-51)46-56-49(52)42-40-38-36-34-32-30-18-16-14-12-10-8-6-4-2/h10,12,15-18,20-21,48H,3-9,11,13-14,19,22-47,51H2,1-2H3,(H,54,55)/b12-10-,17-15-,18-16-,21-20-. The number of carbonyl (C=O) groups is 2. The molecular weight excluding hydrogens is 774 g/mol. The predicted molar refractivity (Wildman–Crippen MR) is 252 cm³/mol. The van der Waals surface area contributed by atoms with Gasteiger partial charge in [-0.25, -0.2) is 4.57 Å². The number of nitrogens with two attached hydrogens (primary N) is 1. The van der Waals surface area contributed by atoms with Gasteiger partial charge < -0.3 is 20.1 Å². The van der Waals surface area contributed by atoms with Crippen LogP contribution in [0.25, 0.3) is 0 Å². The summed E-state index contributed by atoms with van der Waals surface area (Å²) in [5.74, 6) is -0.842. The lowest BCUT2D eigenvalue weighted by atomic mass is 10.0. The predicted octanol–water partition coefficient (Wildman–Crippen LogP) is 14.7. The van der Waals surface area contributed by atoms with Crippen LogP contribution in [0.5, 0.6) is 0 Å². The summed E-state index contributed by atoms with van der Waals surface area (Å²) in [5.41, 5.74) is 5.36. The van der Waals surface area contributed by atoms with Crippen molar-refractivity contribution in [3.05, 3.63) is 48.6 Å². The fraction of sp³-hybridized carbons (Fsp3) is 0.800. The second kappa shape index (κ2) is 46.5. The Hall–Kier alpha value is -2.03. The highest BCUT2D eigenvalue weighted by molar-refractivity contribution is 7.47. The highest BCUT2D eigenvalue weighted by atomic mass is 31.2. The molecule has 9 nitrogen and oxygen atoms in total. The third-order valence-electron chi connectivity index (χ3n) is 10.4. The van der Waals surface area contributed by atoms with Crippen molar-refractivity contribution in [3.63, 3.8) is 0 Å².